The van der Waals surface area contributed by atoms with Crippen LogP contribution in [0.15, 0.2) is 32.2 Å². The van der Waals surface area contributed by atoms with Gasteiger partial charge in [0.1, 0.15) is 0 Å². The van der Waals surface area contributed by atoms with Gasteiger partial charge in [-0.2, -0.15) is 0 Å². The smallest absolute Gasteiger partial charge is 0.338 e. The van der Waals surface area contributed by atoms with Gasteiger partial charge in [-0.15, -0.1) is 0 Å². The Bertz CT molecular complexity index is 393. The van der Waals surface area contributed by atoms with Gasteiger partial charge in [0.25, 0.3) is 0 Å². The van der Waals surface area contributed by atoms with E-state index >= 15 is 0 Å². The summed E-state index contributed by atoms with van der Waals surface area (Å²) < 4.78 is 0. The van der Waals surface area contributed by atoms with E-state index in [-0.39, 0.29) is 16.8 Å². The van der Waals surface area contributed by atoms with Gasteiger partial charge < -0.3 is 5.11 Å². The summed E-state index contributed by atoms with van der Waals surface area (Å²) in [4.78, 5) is 18.6. The van der Waals surface area contributed by atoms with Crippen molar-refractivity contribution in [1.82, 2.24) is 0 Å². The van der Waals surface area contributed by atoms with E-state index in [2.05, 4.69) is 9.98 Å². The molecule has 0 aromatic heterocycles. The average Bonchev–Trinajstić information content (AvgIpc) is 2.52. The molecule has 0 aromatic carbocycles. The zero-order valence-electron chi connectivity index (χ0n) is 6.44. The molecule has 0 saturated heterocycles. The second-order valence-electron chi connectivity index (χ2n) is 2.60. The zero-order valence-corrected chi connectivity index (χ0v) is 7.19. The van der Waals surface area contributed by atoms with E-state index in [1.807, 2.05) is 0 Å². The molecule has 2 aliphatic rings. The molecule has 4 nitrogen and oxygen atoms in total. The summed E-state index contributed by atoms with van der Waals surface area (Å²) in [6.45, 7) is 0. The molecule has 0 radical (unpaired) electrons. The number of carbonyl (C=O) groups is 1. The Balaban J connectivity index is 2.47. The van der Waals surface area contributed by atoms with Crippen molar-refractivity contribution in [3.8, 4) is 0 Å². The number of fused-ring (bicyclic) bond motifs is 1. The summed E-state index contributed by atoms with van der Waals surface area (Å²) in [6, 6.07) is 0. The minimum Gasteiger partial charge on any atom is -0.478 e. The predicted octanol–water partition coefficient (Wildman–Crippen LogP) is 0.985. The van der Waals surface area contributed by atoms with Gasteiger partial charge in [-0.05, 0) is 6.08 Å². The molecule has 0 bridgehead atoms. The predicted molar refractivity (Wildman–Crippen MR) is 49.4 cm³/mol. The summed E-state index contributed by atoms with van der Waals surface area (Å²) in [7, 11) is 0. The van der Waals surface area contributed by atoms with Crippen molar-refractivity contribution >= 4 is 30.0 Å². The molecule has 2 heterocycles. The average molecular weight is 197 g/mol. The highest BCUT2D eigenvalue weighted by atomic mass is 35.5. The van der Waals surface area contributed by atoms with Crippen LogP contribution in [0.3, 0.4) is 0 Å². The third-order valence-corrected chi connectivity index (χ3v) is 2.25. The quantitative estimate of drug-likeness (QED) is 0.680. The number of rotatable bonds is 1. The van der Waals surface area contributed by atoms with Crippen LogP contribution in [0.25, 0.3) is 0 Å². The van der Waals surface area contributed by atoms with Crippen molar-refractivity contribution in [3.05, 3.63) is 22.3 Å². The second-order valence-corrected chi connectivity index (χ2v) is 2.98. The van der Waals surface area contributed by atoms with E-state index in [9.17, 15) is 4.79 Å². The van der Waals surface area contributed by atoms with Crippen molar-refractivity contribution in [1.29, 1.82) is 0 Å². The van der Waals surface area contributed by atoms with Gasteiger partial charge in [-0.25, -0.2) is 4.79 Å². The number of carboxylic acid groups (broad SMARTS) is 1. The number of aliphatic carboxylic acids is 1. The third kappa shape index (κ3) is 1.19. The Hall–Kier alpha value is -1.42. The van der Waals surface area contributed by atoms with E-state index in [0.717, 1.165) is 0 Å². The number of allylic oxidation sites excluding steroid dienone is 1. The number of halogens is 1. The molecule has 66 valence electrons. The molecule has 0 spiro atoms. The molecule has 0 fully saturated rings. The number of hydrogen-bond acceptors (Lipinski definition) is 3. The van der Waals surface area contributed by atoms with Gasteiger partial charge in [0, 0.05) is 18.0 Å². The van der Waals surface area contributed by atoms with Crippen molar-refractivity contribution in [2.45, 2.75) is 6.17 Å². The Labute approximate surface area is 79.0 Å². The van der Waals surface area contributed by atoms with Crippen LogP contribution < -0.4 is 0 Å². The molecule has 1 atom stereocenters. The van der Waals surface area contributed by atoms with Crippen LogP contribution in [-0.4, -0.2) is 29.7 Å². The minimum absolute atomic E-state index is 0.0228. The van der Waals surface area contributed by atoms with E-state index in [1.165, 1.54) is 6.21 Å². The molecule has 0 saturated carbocycles. The van der Waals surface area contributed by atoms with Crippen LogP contribution in [0.5, 0.6) is 0 Å². The first-order valence-electron chi connectivity index (χ1n) is 3.60. The standard InChI is InChI=1S/C8H5ClN2O2/c9-6-4-1-2-10-7(4)11-3-5(6)8(12)13/h1-3,7H,(H,12,13)/t7-/m1/s1. The first-order valence-corrected chi connectivity index (χ1v) is 3.98. The number of hydrogen-bond donors (Lipinski definition) is 1. The number of carboxylic acids is 1. The van der Waals surface area contributed by atoms with Gasteiger partial charge in [0.2, 0.25) is 0 Å². The third-order valence-electron chi connectivity index (χ3n) is 1.82. The normalized spacial score (nSPS) is 24.7. The molecular weight excluding hydrogens is 192 g/mol. The van der Waals surface area contributed by atoms with Gasteiger partial charge in [0.05, 0.1) is 10.6 Å². The van der Waals surface area contributed by atoms with Crippen molar-refractivity contribution in [2.75, 3.05) is 0 Å². The van der Waals surface area contributed by atoms with Gasteiger partial charge in [-0.1, -0.05) is 11.6 Å². The Morgan fingerprint density at radius 2 is 2.31 bits per heavy atom. The van der Waals surface area contributed by atoms with Crippen LogP contribution >= 0.6 is 11.6 Å². The van der Waals surface area contributed by atoms with Gasteiger partial charge in [-0.3, -0.25) is 9.98 Å². The largest absolute Gasteiger partial charge is 0.478 e. The van der Waals surface area contributed by atoms with E-state index in [1.54, 1.807) is 12.3 Å². The summed E-state index contributed by atoms with van der Waals surface area (Å²) in [5, 5.41) is 8.95. The summed E-state index contributed by atoms with van der Waals surface area (Å²) >= 11 is 5.84. The molecule has 1 N–H and O–H groups in total. The Morgan fingerprint density at radius 3 is 3.00 bits per heavy atom. The highest BCUT2D eigenvalue weighted by Crippen LogP contribution is 2.29. The summed E-state index contributed by atoms with van der Waals surface area (Å²) in [5.41, 5.74) is 0.677. The molecule has 2 aliphatic heterocycles. The van der Waals surface area contributed by atoms with Crippen LogP contribution in [0.2, 0.25) is 0 Å². The molecule has 0 aromatic rings. The maximum Gasteiger partial charge on any atom is 0.338 e. The van der Waals surface area contributed by atoms with Crippen molar-refractivity contribution in [2.24, 2.45) is 9.98 Å². The summed E-state index contributed by atoms with van der Waals surface area (Å²) in [5.74, 6) is -1.07. The zero-order chi connectivity index (χ0) is 9.42. The molecular formula is C8H5ClN2O2. The van der Waals surface area contributed by atoms with Crippen LogP contribution in [-0.2, 0) is 4.79 Å². The van der Waals surface area contributed by atoms with Crippen molar-refractivity contribution < 1.29 is 9.90 Å². The first-order chi connectivity index (χ1) is 6.20. The lowest BCUT2D eigenvalue weighted by Crippen LogP contribution is -2.15. The highest BCUT2D eigenvalue weighted by molar-refractivity contribution is 6.37. The SMILES string of the molecule is O=C(O)C1=C(Cl)C2=CC=N[C@@H]2N=C1. The molecule has 2 rings (SSSR count). The molecule has 13 heavy (non-hydrogen) atoms. The van der Waals surface area contributed by atoms with E-state index < -0.39 is 5.97 Å². The van der Waals surface area contributed by atoms with E-state index in [4.69, 9.17) is 16.7 Å². The fourth-order valence-corrected chi connectivity index (χ4v) is 1.47. The maximum atomic E-state index is 10.7. The Kier molecular flexibility index (Phi) is 1.77. The highest BCUT2D eigenvalue weighted by Gasteiger charge is 2.26. The lowest BCUT2D eigenvalue weighted by molar-refractivity contribution is -0.132. The lowest BCUT2D eigenvalue weighted by atomic mass is 10.1. The van der Waals surface area contributed by atoms with Crippen LogP contribution in [0, 0.1) is 0 Å². The lowest BCUT2D eigenvalue weighted by Gasteiger charge is -2.13. The number of dihydropyridines is 1. The fraction of sp³-hybridized carbons (Fsp3) is 0.125. The molecule has 5 heteroatoms. The van der Waals surface area contributed by atoms with Crippen LogP contribution in [0.1, 0.15) is 0 Å². The summed E-state index contributed by atoms with van der Waals surface area (Å²) in [6.07, 6.45) is 4.15. The number of aliphatic imine (C=N–C) groups is 2. The van der Waals surface area contributed by atoms with Crippen LogP contribution in [0.4, 0.5) is 0 Å². The van der Waals surface area contributed by atoms with Crippen molar-refractivity contribution in [3.63, 3.8) is 0 Å². The fourth-order valence-electron chi connectivity index (χ4n) is 1.18. The molecule has 0 amide bonds. The molecule has 0 unspecified atom stereocenters. The number of nitrogens with zero attached hydrogens (tertiary/aromatic N) is 2. The monoisotopic (exact) mass is 196 g/mol. The van der Waals surface area contributed by atoms with E-state index in [0.29, 0.717) is 5.57 Å². The minimum atomic E-state index is -1.07. The van der Waals surface area contributed by atoms with Gasteiger partial charge >= 0.3 is 5.97 Å². The van der Waals surface area contributed by atoms with Gasteiger partial charge in [0.15, 0.2) is 6.17 Å². The topological polar surface area (TPSA) is 62.0 Å². The second kappa shape index (κ2) is 2.81. The molecule has 0 aliphatic carbocycles. The Morgan fingerprint density at radius 1 is 1.54 bits per heavy atom. The maximum absolute atomic E-state index is 10.7. The first kappa shape index (κ1) is 8.19.